The number of carbonyl (C=O) groups excluding carboxylic acids is 1. The fraction of sp³-hybridized carbons (Fsp3) is 0.545. The molecule has 0 unspecified atom stereocenters. The fourth-order valence-corrected chi connectivity index (χ4v) is 1.37. The molecule has 0 aromatic carbocycles. The van der Waals surface area contributed by atoms with Crippen LogP contribution in [0.3, 0.4) is 0 Å². The van der Waals surface area contributed by atoms with Crippen LogP contribution < -0.4 is 0 Å². The molecule has 1 aromatic heterocycles. The molecule has 1 rings (SSSR count). The Morgan fingerprint density at radius 1 is 1.24 bits per heavy atom. The molecule has 0 bridgehead atoms. The van der Waals surface area contributed by atoms with E-state index in [0.717, 1.165) is 0 Å². The van der Waals surface area contributed by atoms with Crippen molar-refractivity contribution in [1.82, 2.24) is 9.97 Å². The van der Waals surface area contributed by atoms with Crippen LogP contribution in [0.15, 0.2) is 6.20 Å². The van der Waals surface area contributed by atoms with E-state index < -0.39 is 48.2 Å². The molecular weight excluding hydrogens is 306 g/mol. The highest BCUT2D eigenvalue weighted by molar-refractivity contribution is 5.90. The van der Waals surface area contributed by atoms with E-state index >= 15 is 0 Å². The lowest BCUT2D eigenvalue weighted by atomic mass is 10.2. The minimum atomic E-state index is -5.00. The smallest absolute Gasteiger partial charge is 0.434 e. The van der Waals surface area contributed by atoms with Gasteiger partial charge in [0.1, 0.15) is 11.4 Å². The summed E-state index contributed by atoms with van der Waals surface area (Å²) in [6.07, 6.45) is -11.2. The largest absolute Gasteiger partial charge is 0.462 e. The molecule has 1 heterocycles. The quantitative estimate of drug-likeness (QED) is 0.632. The van der Waals surface area contributed by atoms with E-state index in [1.165, 1.54) is 6.92 Å². The Morgan fingerprint density at radius 2 is 1.86 bits per heavy atom. The van der Waals surface area contributed by atoms with Crippen LogP contribution in [0.5, 0.6) is 0 Å². The van der Waals surface area contributed by atoms with Gasteiger partial charge in [-0.2, -0.15) is 26.3 Å². The molecule has 0 amide bonds. The zero-order chi connectivity index (χ0) is 16.3. The highest BCUT2D eigenvalue weighted by Crippen LogP contribution is 2.31. The number of hydrogen-bond donors (Lipinski definition) is 0. The van der Waals surface area contributed by atoms with Crippen LogP contribution >= 0.6 is 0 Å². The minimum absolute atomic E-state index is 0.161. The summed E-state index contributed by atoms with van der Waals surface area (Å²) in [5.74, 6) is -1.93. The molecule has 0 aliphatic heterocycles. The van der Waals surface area contributed by atoms with Gasteiger partial charge in [-0.15, -0.1) is 0 Å². The lowest BCUT2D eigenvalue weighted by molar-refractivity contribution is -0.142. The number of carbonyl (C=O) groups is 1. The minimum Gasteiger partial charge on any atom is -0.462 e. The lowest BCUT2D eigenvalue weighted by Crippen LogP contribution is -2.20. The van der Waals surface area contributed by atoms with E-state index in [1.54, 1.807) is 0 Å². The Hall–Kier alpha value is -1.87. The van der Waals surface area contributed by atoms with E-state index in [2.05, 4.69) is 14.7 Å². The van der Waals surface area contributed by atoms with Gasteiger partial charge in [0.15, 0.2) is 5.69 Å². The molecule has 0 atom stereocenters. The molecule has 1 aromatic rings. The first-order chi connectivity index (χ1) is 9.54. The zero-order valence-corrected chi connectivity index (χ0v) is 10.7. The maximum Gasteiger partial charge on any atom is 0.434 e. The number of ether oxygens (including phenoxy) is 1. The van der Waals surface area contributed by atoms with Crippen LogP contribution in [0.1, 0.15) is 35.2 Å². The molecular formula is C11H10F6N2O2. The second kappa shape index (κ2) is 6.27. The van der Waals surface area contributed by atoms with Crippen molar-refractivity contribution in [3.05, 3.63) is 23.3 Å². The molecule has 21 heavy (non-hydrogen) atoms. The fourth-order valence-electron chi connectivity index (χ4n) is 1.37. The Balaban J connectivity index is 3.11. The zero-order valence-electron chi connectivity index (χ0n) is 10.7. The van der Waals surface area contributed by atoms with Crippen molar-refractivity contribution >= 4 is 5.97 Å². The van der Waals surface area contributed by atoms with Crippen molar-refractivity contribution in [3.8, 4) is 0 Å². The van der Waals surface area contributed by atoms with Crippen molar-refractivity contribution in [3.63, 3.8) is 0 Å². The lowest BCUT2D eigenvalue weighted by Gasteiger charge is -2.12. The van der Waals surface area contributed by atoms with Crippen LogP contribution in [0.4, 0.5) is 26.3 Å². The molecule has 0 fully saturated rings. The third-order valence-corrected chi connectivity index (χ3v) is 2.23. The summed E-state index contributed by atoms with van der Waals surface area (Å²) in [7, 11) is 0. The van der Waals surface area contributed by atoms with Gasteiger partial charge in [-0.3, -0.25) is 0 Å². The van der Waals surface area contributed by atoms with E-state index in [9.17, 15) is 31.1 Å². The third kappa shape index (κ3) is 5.20. The van der Waals surface area contributed by atoms with Gasteiger partial charge in [-0.25, -0.2) is 14.8 Å². The molecule has 0 radical (unpaired) electrons. The van der Waals surface area contributed by atoms with E-state index in [4.69, 9.17) is 0 Å². The van der Waals surface area contributed by atoms with Crippen LogP contribution in [-0.4, -0.2) is 28.7 Å². The number of aryl methyl sites for hydroxylation is 1. The van der Waals surface area contributed by atoms with Crippen molar-refractivity contribution in [2.75, 3.05) is 6.61 Å². The van der Waals surface area contributed by atoms with Crippen molar-refractivity contribution < 1.29 is 35.9 Å². The molecule has 118 valence electrons. The van der Waals surface area contributed by atoms with E-state index in [1.807, 2.05) is 0 Å². The molecule has 10 heteroatoms. The van der Waals surface area contributed by atoms with Crippen LogP contribution in [0.2, 0.25) is 0 Å². The van der Waals surface area contributed by atoms with Gasteiger partial charge in [0.05, 0.1) is 13.0 Å². The summed E-state index contributed by atoms with van der Waals surface area (Å²) in [6, 6.07) is 0. The summed E-state index contributed by atoms with van der Waals surface area (Å²) in [4.78, 5) is 17.7. The standard InChI is InChI=1S/C11H10F6N2O2/c1-2-21-9(20)6-5-18-7(3-4-10(12,13)14)19-8(6)11(15,16)17/h5H,2-4H2,1H3. The SMILES string of the molecule is CCOC(=O)c1cnc(CCC(F)(F)F)nc1C(F)(F)F. The van der Waals surface area contributed by atoms with Gasteiger partial charge in [0, 0.05) is 12.6 Å². The molecule has 0 saturated heterocycles. The Kier molecular flexibility index (Phi) is 5.13. The number of halogens is 6. The number of alkyl halides is 6. The summed E-state index contributed by atoms with van der Waals surface area (Å²) in [6.45, 7) is 1.23. The number of esters is 1. The highest BCUT2D eigenvalue weighted by atomic mass is 19.4. The topological polar surface area (TPSA) is 52.1 Å². The molecule has 0 spiro atoms. The van der Waals surface area contributed by atoms with Crippen molar-refractivity contribution in [2.45, 2.75) is 32.1 Å². The van der Waals surface area contributed by atoms with Crippen LogP contribution in [-0.2, 0) is 17.3 Å². The number of rotatable bonds is 4. The summed E-state index contributed by atoms with van der Waals surface area (Å²) in [5.41, 5.74) is -2.53. The van der Waals surface area contributed by atoms with E-state index in [-0.39, 0.29) is 6.61 Å². The summed E-state index contributed by atoms with van der Waals surface area (Å²) < 4.78 is 78.9. The van der Waals surface area contributed by atoms with Gasteiger partial charge in [-0.1, -0.05) is 0 Å². The first-order valence-electron chi connectivity index (χ1n) is 5.71. The Bertz CT molecular complexity index is 512. The van der Waals surface area contributed by atoms with Gasteiger partial charge in [0.2, 0.25) is 0 Å². The van der Waals surface area contributed by atoms with Gasteiger partial charge in [-0.05, 0) is 6.92 Å². The van der Waals surface area contributed by atoms with Crippen molar-refractivity contribution in [2.24, 2.45) is 0 Å². The maximum atomic E-state index is 12.8. The average Bonchev–Trinajstić information content (AvgIpc) is 2.34. The highest BCUT2D eigenvalue weighted by Gasteiger charge is 2.38. The Morgan fingerprint density at radius 3 is 2.33 bits per heavy atom. The van der Waals surface area contributed by atoms with Crippen LogP contribution in [0, 0.1) is 0 Å². The number of hydrogen-bond acceptors (Lipinski definition) is 4. The molecule has 0 saturated carbocycles. The summed E-state index contributed by atoms with van der Waals surface area (Å²) in [5, 5.41) is 0. The average molecular weight is 316 g/mol. The third-order valence-electron chi connectivity index (χ3n) is 2.23. The second-order valence-corrected chi connectivity index (χ2v) is 3.88. The predicted octanol–water partition coefficient (Wildman–Crippen LogP) is 3.17. The normalized spacial score (nSPS) is 12.3. The van der Waals surface area contributed by atoms with E-state index in [0.29, 0.717) is 6.20 Å². The van der Waals surface area contributed by atoms with Gasteiger partial charge < -0.3 is 4.74 Å². The molecule has 0 aliphatic carbocycles. The van der Waals surface area contributed by atoms with Gasteiger partial charge >= 0.3 is 18.3 Å². The first kappa shape index (κ1) is 17.2. The number of nitrogens with zero attached hydrogens (tertiary/aromatic N) is 2. The Labute approximate surface area is 115 Å². The predicted molar refractivity (Wildman–Crippen MR) is 57.4 cm³/mol. The van der Waals surface area contributed by atoms with Crippen molar-refractivity contribution in [1.29, 1.82) is 0 Å². The number of aromatic nitrogens is 2. The molecule has 0 N–H and O–H groups in total. The maximum absolute atomic E-state index is 12.8. The monoisotopic (exact) mass is 316 g/mol. The first-order valence-corrected chi connectivity index (χ1v) is 5.71. The summed E-state index contributed by atoms with van der Waals surface area (Å²) >= 11 is 0. The molecule has 0 aliphatic rings. The molecule has 4 nitrogen and oxygen atoms in total. The van der Waals surface area contributed by atoms with Gasteiger partial charge in [0.25, 0.3) is 0 Å². The second-order valence-electron chi connectivity index (χ2n) is 3.88. The van der Waals surface area contributed by atoms with Crippen LogP contribution in [0.25, 0.3) is 0 Å².